The Morgan fingerprint density at radius 1 is 1.11 bits per heavy atom. The van der Waals surface area contributed by atoms with E-state index in [-0.39, 0.29) is 23.0 Å². The first-order valence-electron chi connectivity index (χ1n) is 9.11. The van der Waals surface area contributed by atoms with Crippen molar-refractivity contribution in [3.63, 3.8) is 0 Å². The second kappa shape index (κ2) is 9.50. The Morgan fingerprint density at radius 3 is 2.54 bits per heavy atom. The standard InChI is InChI=1S/C21H22FN3O2S/c1-14(8-9-16-6-4-3-5-7-16)23-19(26)15(2)28-21-25-24-20(27-21)17-10-12-18(22)13-11-17/h3-7,10-15H,8-9H2,1-2H3,(H,23,26)/t14-,15+/m0/s1. The Balaban J connectivity index is 1.49. The fraction of sp³-hybridized carbons (Fsp3) is 0.286. The average Bonchev–Trinajstić information content (AvgIpc) is 3.16. The van der Waals surface area contributed by atoms with Crippen LogP contribution in [0.2, 0.25) is 0 Å². The van der Waals surface area contributed by atoms with Gasteiger partial charge in [0.15, 0.2) is 0 Å². The molecule has 0 saturated carbocycles. The number of rotatable bonds is 8. The Hall–Kier alpha value is -2.67. The van der Waals surface area contributed by atoms with E-state index in [1.807, 2.05) is 25.1 Å². The predicted molar refractivity (Wildman–Crippen MR) is 107 cm³/mol. The maximum absolute atomic E-state index is 13.0. The van der Waals surface area contributed by atoms with Crippen LogP contribution >= 0.6 is 11.8 Å². The molecule has 1 amide bonds. The van der Waals surface area contributed by atoms with Crippen LogP contribution in [0.25, 0.3) is 11.5 Å². The van der Waals surface area contributed by atoms with Gasteiger partial charge in [0.25, 0.3) is 5.22 Å². The molecule has 0 bridgehead atoms. The van der Waals surface area contributed by atoms with E-state index in [2.05, 4.69) is 27.6 Å². The molecule has 5 nitrogen and oxygen atoms in total. The van der Waals surface area contributed by atoms with Gasteiger partial charge in [-0.2, -0.15) is 0 Å². The van der Waals surface area contributed by atoms with Gasteiger partial charge in [-0.1, -0.05) is 42.1 Å². The largest absolute Gasteiger partial charge is 0.411 e. The number of aromatic nitrogens is 2. The number of carbonyl (C=O) groups excluding carboxylic acids is 1. The van der Waals surface area contributed by atoms with Crippen LogP contribution in [0.5, 0.6) is 0 Å². The lowest BCUT2D eigenvalue weighted by atomic mass is 10.1. The molecule has 1 N–H and O–H groups in total. The summed E-state index contributed by atoms with van der Waals surface area (Å²) in [6.45, 7) is 3.79. The van der Waals surface area contributed by atoms with Crippen molar-refractivity contribution in [2.75, 3.05) is 0 Å². The van der Waals surface area contributed by atoms with Crippen molar-refractivity contribution in [1.82, 2.24) is 15.5 Å². The zero-order valence-corrected chi connectivity index (χ0v) is 16.6. The van der Waals surface area contributed by atoms with Crippen LogP contribution in [0.15, 0.2) is 64.2 Å². The lowest BCUT2D eigenvalue weighted by molar-refractivity contribution is -0.120. The molecule has 7 heteroatoms. The molecule has 3 aromatic rings. The molecule has 0 aliphatic carbocycles. The number of hydrogen-bond donors (Lipinski definition) is 1. The number of thioether (sulfide) groups is 1. The first-order chi connectivity index (χ1) is 13.5. The van der Waals surface area contributed by atoms with E-state index in [1.54, 1.807) is 19.1 Å². The molecule has 28 heavy (non-hydrogen) atoms. The van der Waals surface area contributed by atoms with Crippen molar-refractivity contribution in [2.45, 2.75) is 43.2 Å². The number of carbonyl (C=O) groups is 1. The minimum absolute atomic E-state index is 0.0632. The van der Waals surface area contributed by atoms with Crippen molar-refractivity contribution in [3.05, 3.63) is 66.0 Å². The van der Waals surface area contributed by atoms with Crippen LogP contribution in [0.3, 0.4) is 0 Å². The van der Waals surface area contributed by atoms with Crippen LogP contribution in [0, 0.1) is 5.82 Å². The molecule has 146 valence electrons. The number of halogens is 1. The van der Waals surface area contributed by atoms with Crippen LogP contribution in [0.4, 0.5) is 4.39 Å². The number of nitrogens with one attached hydrogen (secondary N) is 1. The number of hydrogen-bond acceptors (Lipinski definition) is 5. The third kappa shape index (κ3) is 5.66. The van der Waals surface area contributed by atoms with Crippen molar-refractivity contribution < 1.29 is 13.6 Å². The van der Waals surface area contributed by atoms with E-state index in [4.69, 9.17) is 4.42 Å². The minimum Gasteiger partial charge on any atom is -0.411 e. The smallest absolute Gasteiger partial charge is 0.277 e. The van der Waals surface area contributed by atoms with Gasteiger partial charge < -0.3 is 9.73 Å². The highest BCUT2D eigenvalue weighted by Gasteiger charge is 2.20. The van der Waals surface area contributed by atoms with Crippen LogP contribution in [-0.4, -0.2) is 27.4 Å². The first kappa shape index (κ1) is 20.1. The van der Waals surface area contributed by atoms with Gasteiger partial charge in [-0.15, -0.1) is 10.2 Å². The van der Waals surface area contributed by atoms with Gasteiger partial charge in [-0.05, 0) is 56.5 Å². The predicted octanol–water partition coefficient (Wildman–Crippen LogP) is 4.49. The highest BCUT2D eigenvalue weighted by Crippen LogP contribution is 2.26. The molecule has 1 aromatic heterocycles. The van der Waals surface area contributed by atoms with Gasteiger partial charge >= 0.3 is 0 Å². The van der Waals surface area contributed by atoms with Crippen molar-refractivity contribution in [2.24, 2.45) is 0 Å². The first-order valence-corrected chi connectivity index (χ1v) is 9.99. The Kier molecular flexibility index (Phi) is 6.81. The molecular formula is C21H22FN3O2S. The minimum atomic E-state index is -0.374. The third-order valence-electron chi connectivity index (χ3n) is 4.24. The molecule has 2 atom stereocenters. The molecule has 0 aliphatic rings. The molecule has 0 saturated heterocycles. The third-order valence-corrected chi connectivity index (χ3v) is 5.18. The molecule has 0 radical (unpaired) electrons. The van der Waals surface area contributed by atoms with Gasteiger partial charge in [0.05, 0.1) is 5.25 Å². The number of nitrogens with zero attached hydrogens (tertiary/aromatic N) is 2. The molecule has 3 rings (SSSR count). The van der Waals surface area contributed by atoms with E-state index in [9.17, 15) is 9.18 Å². The monoisotopic (exact) mass is 399 g/mol. The van der Waals surface area contributed by atoms with E-state index >= 15 is 0 Å². The lowest BCUT2D eigenvalue weighted by Gasteiger charge is -2.16. The SMILES string of the molecule is C[C@@H](CCc1ccccc1)NC(=O)[C@@H](C)Sc1nnc(-c2ccc(F)cc2)o1. The summed E-state index contributed by atoms with van der Waals surface area (Å²) in [4.78, 5) is 12.4. The molecule has 2 aromatic carbocycles. The van der Waals surface area contributed by atoms with Crippen LogP contribution in [-0.2, 0) is 11.2 Å². The van der Waals surface area contributed by atoms with Crippen LogP contribution in [0.1, 0.15) is 25.8 Å². The second-order valence-corrected chi connectivity index (χ2v) is 7.87. The maximum Gasteiger partial charge on any atom is 0.277 e. The van der Waals surface area contributed by atoms with Gasteiger partial charge in [0, 0.05) is 11.6 Å². The second-order valence-electron chi connectivity index (χ2n) is 6.57. The molecule has 0 fully saturated rings. The summed E-state index contributed by atoms with van der Waals surface area (Å²) in [6, 6.07) is 16.1. The van der Waals surface area contributed by atoms with Gasteiger partial charge in [0.2, 0.25) is 11.8 Å². The van der Waals surface area contributed by atoms with Gasteiger partial charge in [0.1, 0.15) is 5.82 Å². The quantitative estimate of drug-likeness (QED) is 0.565. The van der Waals surface area contributed by atoms with Crippen LogP contribution < -0.4 is 5.32 Å². The number of aryl methyl sites for hydroxylation is 1. The van der Waals surface area contributed by atoms with E-state index < -0.39 is 0 Å². The zero-order valence-electron chi connectivity index (χ0n) is 15.8. The Labute approximate surface area is 167 Å². The molecule has 0 unspecified atom stereocenters. The summed E-state index contributed by atoms with van der Waals surface area (Å²) in [6.07, 6.45) is 1.77. The topological polar surface area (TPSA) is 68.0 Å². The van der Waals surface area contributed by atoms with E-state index in [0.29, 0.717) is 16.7 Å². The van der Waals surface area contributed by atoms with Crippen molar-refractivity contribution in [1.29, 1.82) is 0 Å². The van der Waals surface area contributed by atoms with Gasteiger partial charge in [-0.25, -0.2) is 4.39 Å². The highest BCUT2D eigenvalue weighted by molar-refractivity contribution is 8.00. The summed E-state index contributed by atoms with van der Waals surface area (Å²) >= 11 is 1.20. The van der Waals surface area contributed by atoms with Crippen molar-refractivity contribution >= 4 is 17.7 Å². The molecule has 0 spiro atoms. The fourth-order valence-electron chi connectivity index (χ4n) is 2.63. The molecule has 0 aliphatic heterocycles. The Morgan fingerprint density at radius 2 is 1.82 bits per heavy atom. The zero-order chi connectivity index (χ0) is 19.9. The van der Waals surface area contributed by atoms with Gasteiger partial charge in [-0.3, -0.25) is 4.79 Å². The highest BCUT2D eigenvalue weighted by atomic mass is 32.2. The lowest BCUT2D eigenvalue weighted by Crippen LogP contribution is -2.37. The maximum atomic E-state index is 13.0. The fourth-order valence-corrected chi connectivity index (χ4v) is 3.32. The molecular weight excluding hydrogens is 377 g/mol. The summed E-state index contributed by atoms with van der Waals surface area (Å²) in [5, 5.41) is 10.9. The van der Waals surface area contributed by atoms with Crippen molar-refractivity contribution in [3.8, 4) is 11.5 Å². The number of benzene rings is 2. The normalized spacial score (nSPS) is 13.1. The Bertz CT molecular complexity index is 900. The summed E-state index contributed by atoms with van der Waals surface area (Å²) in [7, 11) is 0. The summed E-state index contributed by atoms with van der Waals surface area (Å²) in [5.41, 5.74) is 1.89. The number of amides is 1. The summed E-state index contributed by atoms with van der Waals surface area (Å²) in [5.74, 6) is -0.108. The van der Waals surface area contributed by atoms with E-state index in [1.165, 1.54) is 29.5 Å². The summed E-state index contributed by atoms with van der Waals surface area (Å²) < 4.78 is 18.6. The average molecular weight is 399 g/mol. The molecule has 1 heterocycles. The van der Waals surface area contributed by atoms with E-state index in [0.717, 1.165) is 12.8 Å².